The first-order chi connectivity index (χ1) is 12.6. The van der Waals surface area contributed by atoms with E-state index in [0.29, 0.717) is 10.6 Å². The smallest absolute Gasteiger partial charge is 0.261 e. The molecular formula is C21H26N2O2S. The number of nitrogens with zero attached hydrogens (tertiary/aromatic N) is 1. The number of piperidine rings is 1. The SMILES string of the molecule is O=S(=O)(Nc1ccccc1N1CC[C@H]2CCCC[C@H]2C1)c1ccccc1. The van der Waals surface area contributed by atoms with Crippen molar-refractivity contribution in [2.75, 3.05) is 22.7 Å². The Kier molecular flexibility index (Phi) is 4.90. The van der Waals surface area contributed by atoms with Crippen LogP contribution < -0.4 is 9.62 Å². The third kappa shape index (κ3) is 3.58. The van der Waals surface area contributed by atoms with Crippen molar-refractivity contribution in [2.45, 2.75) is 37.0 Å². The van der Waals surface area contributed by atoms with Crippen LogP contribution in [0.2, 0.25) is 0 Å². The molecule has 0 spiro atoms. The van der Waals surface area contributed by atoms with Crippen LogP contribution in [0.1, 0.15) is 32.1 Å². The van der Waals surface area contributed by atoms with Gasteiger partial charge < -0.3 is 4.90 Å². The molecule has 2 aromatic carbocycles. The average Bonchev–Trinajstić information content (AvgIpc) is 2.68. The number of para-hydroxylation sites is 2. The van der Waals surface area contributed by atoms with Gasteiger partial charge in [-0.05, 0) is 48.9 Å². The van der Waals surface area contributed by atoms with Crippen LogP contribution in [-0.4, -0.2) is 21.5 Å². The number of fused-ring (bicyclic) bond motifs is 1. The molecule has 0 aromatic heterocycles. The van der Waals surface area contributed by atoms with Crippen LogP contribution in [0, 0.1) is 11.8 Å². The van der Waals surface area contributed by atoms with Gasteiger partial charge in [-0.1, -0.05) is 49.6 Å². The zero-order chi connectivity index (χ0) is 18.0. The zero-order valence-corrected chi connectivity index (χ0v) is 15.8. The second kappa shape index (κ2) is 7.31. The van der Waals surface area contributed by atoms with Crippen molar-refractivity contribution in [1.29, 1.82) is 0 Å². The first kappa shape index (κ1) is 17.4. The molecule has 0 radical (unpaired) electrons. The molecule has 0 unspecified atom stereocenters. The zero-order valence-electron chi connectivity index (χ0n) is 15.0. The lowest BCUT2D eigenvalue weighted by atomic mass is 9.75. The van der Waals surface area contributed by atoms with Gasteiger partial charge in [0.05, 0.1) is 16.3 Å². The summed E-state index contributed by atoms with van der Waals surface area (Å²) in [6.45, 7) is 2.04. The van der Waals surface area contributed by atoms with Crippen LogP contribution in [-0.2, 0) is 10.0 Å². The second-order valence-corrected chi connectivity index (χ2v) is 9.16. The first-order valence-electron chi connectivity index (χ1n) is 9.55. The minimum Gasteiger partial charge on any atom is -0.370 e. The fourth-order valence-electron chi connectivity index (χ4n) is 4.46. The molecule has 1 saturated carbocycles. The summed E-state index contributed by atoms with van der Waals surface area (Å²) in [6, 6.07) is 16.3. The highest BCUT2D eigenvalue weighted by Crippen LogP contribution is 2.39. The number of sulfonamides is 1. The van der Waals surface area contributed by atoms with Crippen LogP contribution in [0.4, 0.5) is 11.4 Å². The maximum Gasteiger partial charge on any atom is 0.261 e. The van der Waals surface area contributed by atoms with E-state index in [1.165, 1.54) is 32.1 Å². The van der Waals surface area contributed by atoms with E-state index in [2.05, 4.69) is 9.62 Å². The molecule has 1 aliphatic heterocycles. The van der Waals surface area contributed by atoms with Crippen molar-refractivity contribution in [3.63, 3.8) is 0 Å². The van der Waals surface area contributed by atoms with E-state index in [1.54, 1.807) is 24.3 Å². The monoisotopic (exact) mass is 370 g/mol. The standard InChI is InChI=1S/C21H26N2O2S/c24-26(25,19-10-2-1-3-11-19)22-20-12-6-7-13-21(20)23-15-14-17-8-4-5-9-18(17)16-23/h1-3,6-7,10-13,17-18,22H,4-5,8-9,14-16H2/t17-,18+/m1/s1. The van der Waals surface area contributed by atoms with E-state index >= 15 is 0 Å². The second-order valence-electron chi connectivity index (χ2n) is 7.48. The number of hydrogen-bond acceptors (Lipinski definition) is 3. The number of hydrogen-bond donors (Lipinski definition) is 1. The molecule has 1 N–H and O–H groups in total. The molecule has 2 atom stereocenters. The summed E-state index contributed by atoms with van der Waals surface area (Å²) in [5.74, 6) is 1.60. The predicted molar refractivity (Wildman–Crippen MR) is 106 cm³/mol. The Labute approximate surface area is 156 Å². The van der Waals surface area contributed by atoms with Crippen molar-refractivity contribution in [3.8, 4) is 0 Å². The molecule has 26 heavy (non-hydrogen) atoms. The molecule has 1 heterocycles. The summed E-state index contributed by atoms with van der Waals surface area (Å²) >= 11 is 0. The minimum atomic E-state index is -3.57. The quantitative estimate of drug-likeness (QED) is 0.862. The van der Waals surface area contributed by atoms with Gasteiger partial charge in [-0.15, -0.1) is 0 Å². The summed E-state index contributed by atoms with van der Waals surface area (Å²) in [4.78, 5) is 2.66. The molecule has 4 nitrogen and oxygen atoms in total. The van der Waals surface area contributed by atoms with Gasteiger partial charge >= 0.3 is 0 Å². The molecule has 2 fully saturated rings. The lowest BCUT2D eigenvalue weighted by Gasteiger charge is -2.42. The third-order valence-electron chi connectivity index (χ3n) is 5.83. The Morgan fingerprint density at radius 2 is 1.54 bits per heavy atom. The number of rotatable bonds is 4. The van der Waals surface area contributed by atoms with Gasteiger partial charge in [0.15, 0.2) is 0 Å². The summed E-state index contributed by atoms with van der Waals surface area (Å²) in [6.07, 6.45) is 6.58. The van der Waals surface area contributed by atoms with E-state index in [0.717, 1.165) is 30.6 Å². The molecule has 0 bridgehead atoms. The van der Waals surface area contributed by atoms with Crippen LogP contribution in [0.25, 0.3) is 0 Å². The summed E-state index contributed by atoms with van der Waals surface area (Å²) in [5, 5.41) is 0. The van der Waals surface area contributed by atoms with Crippen molar-refractivity contribution < 1.29 is 8.42 Å². The number of anilines is 2. The molecule has 2 aliphatic rings. The lowest BCUT2D eigenvalue weighted by Crippen LogP contribution is -2.42. The number of nitrogens with one attached hydrogen (secondary N) is 1. The van der Waals surface area contributed by atoms with Gasteiger partial charge in [-0.3, -0.25) is 4.72 Å². The number of benzene rings is 2. The fraction of sp³-hybridized carbons (Fsp3) is 0.429. The Morgan fingerprint density at radius 1 is 0.846 bits per heavy atom. The van der Waals surface area contributed by atoms with E-state index in [1.807, 2.05) is 30.3 Å². The molecule has 1 aliphatic carbocycles. The van der Waals surface area contributed by atoms with E-state index in [-0.39, 0.29) is 0 Å². The van der Waals surface area contributed by atoms with Gasteiger partial charge in [0.25, 0.3) is 10.0 Å². The van der Waals surface area contributed by atoms with E-state index in [9.17, 15) is 8.42 Å². The molecule has 4 rings (SSSR count). The summed E-state index contributed by atoms with van der Waals surface area (Å²) in [5.41, 5.74) is 1.67. The third-order valence-corrected chi connectivity index (χ3v) is 7.22. The van der Waals surface area contributed by atoms with Crippen LogP contribution in [0.3, 0.4) is 0 Å². The van der Waals surface area contributed by atoms with Crippen LogP contribution in [0.5, 0.6) is 0 Å². The average molecular weight is 371 g/mol. The highest BCUT2D eigenvalue weighted by Gasteiger charge is 2.32. The van der Waals surface area contributed by atoms with Crippen LogP contribution in [0.15, 0.2) is 59.5 Å². The fourth-order valence-corrected chi connectivity index (χ4v) is 5.55. The molecule has 1 saturated heterocycles. The highest BCUT2D eigenvalue weighted by atomic mass is 32.2. The predicted octanol–water partition coefficient (Wildman–Crippen LogP) is 4.50. The van der Waals surface area contributed by atoms with Gasteiger partial charge in [0, 0.05) is 13.1 Å². The van der Waals surface area contributed by atoms with Crippen molar-refractivity contribution in [1.82, 2.24) is 0 Å². The van der Waals surface area contributed by atoms with Gasteiger partial charge in [0.2, 0.25) is 0 Å². The molecule has 5 heteroatoms. The Balaban J connectivity index is 1.57. The van der Waals surface area contributed by atoms with E-state index < -0.39 is 10.0 Å². The van der Waals surface area contributed by atoms with Crippen LogP contribution >= 0.6 is 0 Å². The molecule has 138 valence electrons. The summed E-state index contributed by atoms with van der Waals surface area (Å²) in [7, 11) is -3.57. The largest absolute Gasteiger partial charge is 0.370 e. The summed E-state index contributed by atoms with van der Waals surface area (Å²) < 4.78 is 28.3. The van der Waals surface area contributed by atoms with Gasteiger partial charge in [0.1, 0.15) is 0 Å². The normalized spacial score (nSPS) is 23.3. The maximum atomic E-state index is 12.7. The lowest BCUT2D eigenvalue weighted by molar-refractivity contribution is 0.202. The van der Waals surface area contributed by atoms with Gasteiger partial charge in [-0.25, -0.2) is 8.42 Å². The van der Waals surface area contributed by atoms with Crippen molar-refractivity contribution in [2.24, 2.45) is 11.8 Å². The molecule has 2 aromatic rings. The highest BCUT2D eigenvalue weighted by molar-refractivity contribution is 7.92. The van der Waals surface area contributed by atoms with Gasteiger partial charge in [-0.2, -0.15) is 0 Å². The van der Waals surface area contributed by atoms with Crippen molar-refractivity contribution in [3.05, 3.63) is 54.6 Å². The first-order valence-corrected chi connectivity index (χ1v) is 11.0. The minimum absolute atomic E-state index is 0.292. The Morgan fingerprint density at radius 3 is 2.35 bits per heavy atom. The van der Waals surface area contributed by atoms with E-state index in [4.69, 9.17) is 0 Å². The van der Waals surface area contributed by atoms with Crippen molar-refractivity contribution >= 4 is 21.4 Å². The Bertz CT molecular complexity index is 851. The maximum absolute atomic E-state index is 12.7. The Hall–Kier alpha value is -2.01. The topological polar surface area (TPSA) is 49.4 Å². The molecule has 0 amide bonds. The molecular weight excluding hydrogens is 344 g/mol.